The van der Waals surface area contributed by atoms with Crippen molar-refractivity contribution >= 4 is 22.9 Å². The molecule has 0 spiro atoms. The molecule has 0 aliphatic carbocycles. The average molecular weight is 540 g/mol. The number of amides is 1. The van der Waals surface area contributed by atoms with Crippen LogP contribution in [-0.2, 0) is 24.6 Å². The van der Waals surface area contributed by atoms with Crippen LogP contribution >= 0.6 is 0 Å². The Morgan fingerprint density at radius 1 is 1.13 bits per heavy atom. The fraction of sp³-hybridized carbons (Fsp3) is 0.208. The normalized spacial score (nSPS) is 12.5. The van der Waals surface area contributed by atoms with Crippen molar-refractivity contribution in [3.63, 3.8) is 0 Å². The number of halogens is 3. The highest BCUT2D eigenvalue weighted by Gasteiger charge is 2.32. The lowest BCUT2D eigenvalue weighted by Gasteiger charge is -2.15. The Morgan fingerprint density at radius 2 is 1.92 bits per heavy atom. The number of nitrogens with zero attached hydrogens (tertiary/aromatic N) is 7. The van der Waals surface area contributed by atoms with Crippen molar-refractivity contribution in [2.24, 2.45) is 7.05 Å². The summed E-state index contributed by atoms with van der Waals surface area (Å²) in [5.41, 5.74) is -1.22. The van der Waals surface area contributed by atoms with Crippen molar-refractivity contribution in [1.29, 1.82) is 0 Å². The number of carbonyl (C=O) groups excluding carboxylic acids is 1. The van der Waals surface area contributed by atoms with Gasteiger partial charge in [-0.15, -0.1) is 0 Å². The summed E-state index contributed by atoms with van der Waals surface area (Å²) in [6.07, 6.45) is -0.919. The lowest BCUT2D eigenvalue weighted by molar-refractivity contribution is -0.141. The van der Waals surface area contributed by atoms with Crippen LogP contribution in [0.25, 0.3) is 22.4 Å². The van der Waals surface area contributed by atoms with E-state index in [9.17, 15) is 27.6 Å². The molecule has 0 aromatic carbocycles. The monoisotopic (exact) mass is 540 g/mol. The molecule has 5 rings (SSSR count). The van der Waals surface area contributed by atoms with Crippen LogP contribution in [0.2, 0.25) is 0 Å². The third kappa shape index (κ3) is 4.81. The molecular weight excluding hydrogens is 521 g/mol. The zero-order valence-corrected chi connectivity index (χ0v) is 20.4. The molecule has 0 unspecified atom stereocenters. The van der Waals surface area contributed by atoms with Crippen LogP contribution in [0.1, 0.15) is 24.4 Å². The van der Waals surface area contributed by atoms with Gasteiger partial charge in [-0.05, 0) is 31.2 Å². The average Bonchev–Trinajstić information content (AvgIpc) is 3.60. The van der Waals surface area contributed by atoms with E-state index in [2.05, 4.69) is 25.4 Å². The molecule has 200 valence electrons. The van der Waals surface area contributed by atoms with Crippen molar-refractivity contribution in [1.82, 2.24) is 33.8 Å². The van der Waals surface area contributed by atoms with E-state index in [1.807, 2.05) is 0 Å². The molecule has 0 bridgehead atoms. The number of imidazole rings is 1. The predicted octanol–water partition coefficient (Wildman–Crippen LogP) is 2.61. The number of fused-ring (bicyclic) bond motifs is 1. The number of aryl methyl sites for hydroxylation is 1. The summed E-state index contributed by atoms with van der Waals surface area (Å²) in [4.78, 5) is 51.1. The number of aromatic nitrogens is 7. The molecule has 5 heterocycles. The molecule has 0 aliphatic rings. The Kier molecular flexibility index (Phi) is 6.33. The van der Waals surface area contributed by atoms with Gasteiger partial charge in [0.05, 0.1) is 18.6 Å². The molecule has 1 amide bonds. The minimum Gasteiger partial charge on any atom is -0.364 e. The fourth-order valence-electron chi connectivity index (χ4n) is 3.94. The zero-order valence-electron chi connectivity index (χ0n) is 20.4. The fourth-order valence-corrected chi connectivity index (χ4v) is 3.94. The number of hydrogen-bond acceptors (Lipinski definition) is 8. The summed E-state index contributed by atoms with van der Waals surface area (Å²) in [6.45, 7) is 1.39. The van der Waals surface area contributed by atoms with Crippen LogP contribution in [0.15, 0.2) is 69.3 Å². The highest BCUT2D eigenvalue weighted by Crippen LogP contribution is 2.29. The highest BCUT2D eigenvalue weighted by molar-refractivity contribution is 5.93. The van der Waals surface area contributed by atoms with Crippen molar-refractivity contribution in [2.75, 3.05) is 5.32 Å². The van der Waals surface area contributed by atoms with Gasteiger partial charge in [-0.3, -0.25) is 23.7 Å². The third-order valence-corrected chi connectivity index (χ3v) is 6.02. The van der Waals surface area contributed by atoms with Gasteiger partial charge in [0.25, 0.3) is 5.56 Å². The number of anilines is 1. The summed E-state index contributed by atoms with van der Waals surface area (Å²) >= 11 is 0. The van der Waals surface area contributed by atoms with Gasteiger partial charge < -0.3 is 14.4 Å². The molecule has 12 nitrogen and oxygen atoms in total. The van der Waals surface area contributed by atoms with Crippen molar-refractivity contribution < 1.29 is 22.5 Å². The minimum absolute atomic E-state index is 0.0285. The lowest BCUT2D eigenvalue weighted by atomic mass is 10.1. The SMILES string of the molecule is C[C@@H](C(=O)Nc1cccc(-c2ccc(C(F)(F)F)nc2)n1)n1cnc2c1c(=O)n(Cc1ccon1)c(=O)n2C. The van der Waals surface area contributed by atoms with Gasteiger partial charge in [0.1, 0.15) is 29.5 Å². The molecule has 1 atom stereocenters. The Hall–Kier alpha value is -5.08. The molecule has 0 aliphatic heterocycles. The Bertz CT molecular complexity index is 1790. The first-order chi connectivity index (χ1) is 18.5. The summed E-state index contributed by atoms with van der Waals surface area (Å²) in [7, 11) is 1.46. The maximum atomic E-state index is 13.3. The molecule has 5 aromatic rings. The molecule has 15 heteroatoms. The summed E-state index contributed by atoms with van der Waals surface area (Å²) in [5.74, 6) is -0.426. The van der Waals surface area contributed by atoms with Crippen molar-refractivity contribution in [3.05, 3.63) is 87.4 Å². The number of nitrogens with one attached hydrogen (secondary N) is 1. The minimum atomic E-state index is -4.57. The largest absolute Gasteiger partial charge is 0.433 e. The number of carbonyl (C=O) groups is 1. The van der Waals surface area contributed by atoms with Gasteiger partial charge >= 0.3 is 11.9 Å². The van der Waals surface area contributed by atoms with Gasteiger partial charge in [-0.1, -0.05) is 11.2 Å². The topological polar surface area (TPSA) is 143 Å². The van der Waals surface area contributed by atoms with Gasteiger partial charge in [0.15, 0.2) is 11.2 Å². The molecule has 0 fully saturated rings. The number of pyridine rings is 2. The lowest BCUT2D eigenvalue weighted by Crippen LogP contribution is -2.40. The van der Waals surface area contributed by atoms with E-state index < -0.39 is 35.1 Å². The summed E-state index contributed by atoms with van der Waals surface area (Å²) < 4.78 is 46.7. The van der Waals surface area contributed by atoms with E-state index in [1.165, 1.54) is 53.9 Å². The van der Waals surface area contributed by atoms with Crippen molar-refractivity contribution in [3.8, 4) is 11.3 Å². The van der Waals surface area contributed by atoms with Crippen LogP contribution in [0.3, 0.4) is 0 Å². The second-order valence-corrected chi connectivity index (χ2v) is 8.55. The maximum absolute atomic E-state index is 13.3. The molecule has 0 radical (unpaired) electrons. The molecule has 1 N–H and O–H groups in total. The third-order valence-electron chi connectivity index (χ3n) is 6.02. The van der Waals surface area contributed by atoms with Crippen LogP contribution < -0.4 is 16.6 Å². The summed E-state index contributed by atoms with van der Waals surface area (Å²) in [6, 6.07) is 7.28. The standard InChI is InChI=1S/C24H19F3N8O4/c1-13(21(36)31-18-5-3-4-16(30-18)14-6-7-17(28-10-14)24(25,26)27)35-12-29-20-19(35)22(37)34(23(38)33(20)2)11-15-8-9-39-32-15/h3-10,12-13H,11H2,1-2H3,(H,30,31,36)/t13-/m0/s1. The van der Waals surface area contributed by atoms with E-state index in [0.717, 1.165) is 16.8 Å². The zero-order chi connectivity index (χ0) is 27.9. The number of rotatable bonds is 6. The van der Waals surface area contributed by atoms with Crippen LogP contribution in [-0.4, -0.2) is 39.7 Å². The Morgan fingerprint density at radius 3 is 2.59 bits per heavy atom. The quantitative estimate of drug-likeness (QED) is 0.346. The molecule has 0 saturated heterocycles. The van der Waals surface area contributed by atoms with Gasteiger partial charge in [-0.2, -0.15) is 13.2 Å². The summed E-state index contributed by atoms with van der Waals surface area (Å²) in [5, 5.41) is 6.38. The first kappa shape index (κ1) is 25.6. The van der Waals surface area contributed by atoms with Gasteiger partial charge in [0.2, 0.25) is 5.91 Å². The Balaban J connectivity index is 1.43. The molecule has 39 heavy (non-hydrogen) atoms. The molecule has 0 saturated carbocycles. The number of hydrogen-bond donors (Lipinski definition) is 1. The first-order valence-corrected chi connectivity index (χ1v) is 11.4. The smallest absolute Gasteiger partial charge is 0.364 e. The van der Waals surface area contributed by atoms with Crippen LogP contribution in [0, 0.1) is 0 Å². The van der Waals surface area contributed by atoms with E-state index in [4.69, 9.17) is 4.52 Å². The van der Waals surface area contributed by atoms with Crippen LogP contribution in [0.5, 0.6) is 0 Å². The predicted molar refractivity (Wildman–Crippen MR) is 131 cm³/mol. The van der Waals surface area contributed by atoms with Gasteiger partial charge in [-0.25, -0.2) is 14.8 Å². The van der Waals surface area contributed by atoms with Gasteiger partial charge in [0, 0.05) is 24.9 Å². The van der Waals surface area contributed by atoms with E-state index in [-0.39, 0.29) is 23.5 Å². The second-order valence-electron chi connectivity index (χ2n) is 8.55. The highest BCUT2D eigenvalue weighted by atomic mass is 19.4. The van der Waals surface area contributed by atoms with E-state index in [0.29, 0.717) is 17.0 Å². The molecule has 5 aromatic heterocycles. The Labute approximate surface area is 216 Å². The van der Waals surface area contributed by atoms with Crippen LogP contribution in [0.4, 0.5) is 19.0 Å². The number of alkyl halides is 3. The van der Waals surface area contributed by atoms with E-state index >= 15 is 0 Å². The maximum Gasteiger partial charge on any atom is 0.433 e. The second kappa shape index (κ2) is 9.66. The molecular formula is C24H19F3N8O4. The van der Waals surface area contributed by atoms with Crippen molar-refractivity contribution in [2.45, 2.75) is 25.7 Å². The first-order valence-electron chi connectivity index (χ1n) is 11.4. The van der Waals surface area contributed by atoms with E-state index in [1.54, 1.807) is 12.1 Å².